The summed E-state index contributed by atoms with van der Waals surface area (Å²) < 4.78 is 14.2. The summed E-state index contributed by atoms with van der Waals surface area (Å²) in [6.07, 6.45) is 6.22. The maximum absolute atomic E-state index is 14.2. The Morgan fingerprint density at radius 1 is 1.00 bits per heavy atom. The molecule has 3 aromatic rings. The van der Waals surface area contributed by atoms with Crippen LogP contribution < -0.4 is 10.6 Å². The van der Waals surface area contributed by atoms with Crippen LogP contribution in [0.3, 0.4) is 0 Å². The van der Waals surface area contributed by atoms with Crippen molar-refractivity contribution in [2.24, 2.45) is 5.92 Å². The minimum Gasteiger partial charge on any atom is -0.320 e. The molecule has 2 aromatic heterocycles. The Balaban J connectivity index is 1.56. The van der Waals surface area contributed by atoms with Crippen molar-refractivity contribution in [3.05, 3.63) is 72.4 Å². The van der Waals surface area contributed by atoms with Crippen LogP contribution in [0.5, 0.6) is 0 Å². The van der Waals surface area contributed by atoms with E-state index in [1.54, 1.807) is 30.3 Å². The quantitative estimate of drug-likeness (QED) is 0.708. The van der Waals surface area contributed by atoms with E-state index in [0.29, 0.717) is 28.2 Å². The summed E-state index contributed by atoms with van der Waals surface area (Å²) in [6, 6.07) is 11.0. The zero-order valence-corrected chi connectivity index (χ0v) is 14.9. The van der Waals surface area contributed by atoms with Crippen LogP contribution in [-0.4, -0.2) is 21.8 Å². The average Bonchev–Trinajstić information content (AvgIpc) is 3.55. The molecule has 6 nitrogen and oxygen atoms in total. The van der Waals surface area contributed by atoms with Crippen molar-refractivity contribution < 1.29 is 14.0 Å². The van der Waals surface area contributed by atoms with Gasteiger partial charge in [0.25, 0.3) is 5.91 Å². The average molecular weight is 376 g/mol. The molecule has 0 atom stereocenters. The van der Waals surface area contributed by atoms with Gasteiger partial charge >= 0.3 is 0 Å². The Bertz CT molecular complexity index is 1050. The molecule has 4 rings (SSSR count). The standard InChI is InChI=1S/C21H17FN4O2/c22-17-4-2-1-3-15(17)16-8-9-23-12-18(16)25-21(28)14-7-10-24-19(11-14)26-20(27)13-5-6-13/h1-4,7-13H,5-6H2,(H,25,28)(H,24,26,27). The molecule has 0 radical (unpaired) electrons. The van der Waals surface area contributed by atoms with Gasteiger partial charge in [-0.25, -0.2) is 9.37 Å². The first-order chi connectivity index (χ1) is 13.6. The Kier molecular flexibility index (Phi) is 4.80. The lowest BCUT2D eigenvalue weighted by atomic mass is 10.0. The summed E-state index contributed by atoms with van der Waals surface area (Å²) in [5.74, 6) is -0.518. The first-order valence-corrected chi connectivity index (χ1v) is 8.89. The van der Waals surface area contributed by atoms with Gasteiger partial charge in [0.1, 0.15) is 11.6 Å². The lowest BCUT2D eigenvalue weighted by Gasteiger charge is -2.12. The number of pyridine rings is 2. The van der Waals surface area contributed by atoms with E-state index >= 15 is 0 Å². The first-order valence-electron chi connectivity index (χ1n) is 8.89. The third-order valence-electron chi connectivity index (χ3n) is 4.45. The molecular formula is C21H17FN4O2. The molecule has 1 aliphatic carbocycles. The van der Waals surface area contributed by atoms with Gasteiger partial charge in [-0.05, 0) is 37.1 Å². The van der Waals surface area contributed by atoms with Crippen LogP contribution in [0.1, 0.15) is 23.2 Å². The maximum atomic E-state index is 14.2. The minimum absolute atomic E-state index is 0.0398. The topological polar surface area (TPSA) is 84.0 Å². The lowest BCUT2D eigenvalue weighted by Crippen LogP contribution is -2.16. The first kappa shape index (κ1) is 17.8. The van der Waals surface area contributed by atoms with Gasteiger partial charge in [0.2, 0.25) is 5.91 Å². The number of halogens is 1. The van der Waals surface area contributed by atoms with E-state index in [1.165, 1.54) is 30.7 Å². The van der Waals surface area contributed by atoms with Crippen LogP contribution in [0.4, 0.5) is 15.9 Å². The number of hydrogen-bond acceptors (Lipinski definition) is 4. The number of hydrogen-bond donors (Lipinski definition) is 2. The summed E-state index contributed by atoms with van der Waals surface area (Å²) in [4.78, 5) is 32.7. The van der Waals surface area contributed by atoms with E-state index in [0.717, 1.165) is 12.8 Å². The largest absolute Gasteiger partial charge is 0.320 e. The van der Waals surface area contributed by atoms with Crippen molar-refractivity contribution in [2.75, 3.05) is 10.6 Å². The van der Waals surface area contributed by atoms with Crippen LogP contribution >= 0.6 is 0 Å². The van der Waals surface area contributed by atoms with Gasteiger partial charge < -0.3 is 10.6 Å². The molecule has 28 heavy (non-hydrogen) atoms. The van der Waals surface area contributed by atoms with Crippen molar-refractivity contribution in [1.82, 2.24) is 9.97 Å². The van der Waals surface area contributed by atoms with Crippen LogP contribution in [0.15, 0.2) is 61.1 Å². The number of nitrogens with one attached hydrogen (secondary N) is 2. The smallest absolute Gasteiger partial charge is 0.255 e. The summed E-state index contributed by atoms with van der Waals surface area (Å²) >= 11 is 0. The van der Waals surface area contributed by atoms with Crippen LogP contribution in [0, 0.1) is 11.7 Å². The van der Waals surface area contributed by atoms with Crippen molar-refractivity contribution in [3.8, 4) is 11.1 Å². The Hall–Kier alpha value is -3.61. The number of amides is 2. The molecule has 0 bridgehead atoms. The molecule has 1 fully saturated rings. The number of anilines is 2. The number of benzene rings is 1. The number of carbonyl (C=O) groups excluding carboxylic acids is 2. The van der Waals surface area contributed by atoms with Crippen LogP contribution in [-0.2, 0) is 4.79 Å². The third kappa shape index (κ3) is 3.88. The molecular weight excluding hydrogens is 359 g/mol. The predicted molar refractivity (Wildman–Crippen MR) is 103 cm³/mol. The molecule has 7 heteroatoms. The molecule has 2 heterocycles. The van der Waals surface area contributed by atoms with E-state index in [1.807, 2.05) is 0 Å². The molecule has 0 saturated heterocycles. The Morgan fingerprint density at radius 2 is 1.82 bits per heavy atom. The molecule has 1 aromatic carbocycles. The molecule has 0 spiro atoms. The van der Waals surface area contributed by atoms with E-state index in [-0.39, 0.29) is 11.8 Å². The highest BCUT2D eigenvalue weighted by Crippen LogP contribution is 2.31. The summed E-state index contributed by atoms with van der Waals surface area (Å²) in [5.41, 5.74) is 1.60. The van der Waals surface area contributed by atoms with Gasteiger partial charge in [-0.3, -0.25) is 14.6 Å². The SMILES string of the molecule is O=C(Nc1cnccc1-c1ccccc1F)c1ccnc(NC(=O)C2CC2)c1. The predicted octanol–water partition coefficient (Wildman–Crippen LogP) is 3.88. The van der Waals surface area contributed by atoms with E-state index in [9.17, 15) is 14.0 Å². The number of rotatable bonds is 5. The number of aromatic nitrogens is 2. The molecule has 0 unspecified atom stereocenters. The molecule has 2 N–H and O–H groups in total. The van der Waals surface area contributed by atoms with E-state index < -0.39 is 11.7 Å². The summed E-state index contributed by atoms with van der Waals surface area (Å²) in [5, 5.41) is 5.48. The molecule has 2 amide bonds. The normalized spacial score (nSPS) is 13.0. The fourth-order valence-corrected chi connectivity index (χ4v) is 2.82. The highest BCUT2D eigenvalue weighted by Gasteiger charge is 2.29. The van der Waals surface area contributed by atoms with Crippen molar-refractivity contribution in [2.45, 2.75) is 12.8 Å². The number of carbonyl (C=O) groups is 2. The van der Waals surface area contributed by atoms with Gasteiger partial charge in [-0.1, -0.05) is 18.2 Å². The Morgan fingerprint density at radius 3 is 2.61 bits per heavy atom. The second-order valence-corrected chi connectivity index (χ2v) is 6.55. The summed E-state index contributed by atoms with van der Waals surface area (Å²) in [7, 11) is 0. The van der Waals surface area contributed by atoms with Crippen molar-refractivity contribution in [3.63, 3.8) is 0 Å². The third-order valence-corrected chi connectivity index (χ3v) is 4.45. The highest BCUT2D eigenvalue weighted by molar-refractivity contribution is 6.07. The fourth-order valence-electron chi connectivity index (χ4n) is 2.82. The Labute approximate surface area is 160 Å². The number of nitrogens with zero attached hydrogens (tertiary/aromatic N) is 2. The van der Waals surface area contributed by atoms with Crippen LogP contribution in [0.25, 0.3) is 11.1 Å². The highest BCUT2D eigenvalue weighted by atomic mass is 19.1. The molecule has 1 aliphatic rings. The van der Waals surface area contributed by atoms with Crippen molar-refractivity contribution >= 4 is 23.3 Å². The van der Waals surface area contributed by atoms with Gasteiger partial charge in [0.05, 0.1) is 11.9 Å². The maximum Gasteiger partial charge on any atom is 0.255 e. The fraction of sp³-hybridized carbons (Fsp3) is 0.143. The second kappa shape index (κ2) is 7.56. The molecule has 0 aliphatic heterocycles. The zero-order valence-electron chi connectivity index (χ0n) is 14.9. The van der Waals surface area contributed by atoms with Crippen LogP contribution in [0.2, 0.25) is 0 Å². The van der Waals surface area contributed by atoms with Crippen molar-refractivity contribution in [1.29, 1.82) is 0 Å². The van der Waals surface area contributed by atoms with Gasteiger partial charge in [-0.15, -0.1) is 0 Å². The monoisotopic (exact) mass is 376 g/mol. The lowest BCUT2D eigenvalue weighted by molar-refractivity contribution is -0.117. The molecule has 140 valence electrons. The van der Waals surface area contributed by atoms with Gasteiger partial charge in [0.15, 0.2) is 0 Å². The minimum atomic E-state index is -0.407. The second-order valence-electron chi connectivity index (χ2n) is 6.55. The van der Waals surface area contributed by atoms with Gasteiger partial charge in [-0.2, -0.15) is 0 Å². The zero-order chi connectivity index (χ0) is 19.5. The van der Waals surface area contributed by atoms with Gasteiger partial charge in [0, 0.05) is 35.0 Å². The van der Waals surface area contributed by atoms with E-state index in [4.69, 9.17) is 0 Å². The van der Waals surface area contributed by atoms with E-state index in [2.05, 4.69) is 20.6 Å². The summed E-state index contributed by atoms with van der Waals surface area (Å²) in [6.45, 7) is 0. The molecule has 1 saturated carbocycles.